The van der Waals surface area contributed by atoms with Crippen LogP contribution in [-0.2, 0) is 0 Å². The lowest BCUT2D eigenvalue weighted by molar-refractivity contribution is 0.285. The van der Waals surface area contributed by atoms with Crippen LogP contribution in [0.2, 0.25) is 10.0 Å². The zero-order chi connectivity index (χ0) is 15.1. The molecule has 1 saturated carbocycles. The predicted molar refractivity (Wildman–Crippen MR) is 95.8 cm³/mol. The Morgan fingerprint density at radius 3 is 2.71 bits per heavy atom. The maximum atomic E-state index is 6.27. The largest absolute Gasteiger partial charge is 0.313 e. The van der Waals surface area contributed by atoms with Crippen molar-refractivity contribution in [3.8, 4) is 0 Å². The molecule has 0 aliphatic heterocycles. The Balaban J connectivity index is 1.95. The number of thioether (sulfide) groups is 1. The molecule has 4 heteroatoms. The molecule has 1 N–H and O–H groups in total. The number of halogens is 2. The second-order valence-corrected chi connectivity index (χ2v) is 7.75. The van der Waals surface area contributed by atoms with Crippen LogP contribution in [0.25, 0.3) is 0 Å². The second kappa shape index (κ2) is 9.29. The minimum Gasteiger partial charge on any atom is -0.313 e. The highest BCUT2D eigenvalue weighted by Gasteiger charge is 2.23. The van der Waals surface area contributed by atoms with Crippen LogP contribution in [0.3, 0.4) is 0 Å². The van der Waals surface area contributed by atoms with E-state index in [1.807, 2.05) is 30.0 Å². The Morgan fingerprint density at radius 2 is 2.00 bits per heavy atom. The van der Waals surface area contributed by atoms with Crippen molar-refractivity contribution in [2.45, 2.75) is 56.4 Å². The molecule has 1 unspecified atom stereocenters. The Bertz CT molecular complexity index is 433. The zero-order valence-corrected chi connectivity index (χ0v) is 15.0. The predicted octanol–water partition coefficient (Wildman–Crippen LogP) is 6.03. The lowest BCUT2D eigenvalue weighted by Gasteiger charge is -2.31. The van der Waals surface area contributed by atoms with E-state index < -0.39 is 0 Å². The van der Waals surface area contributed by atoms with Crippen molar-refractivity contribution < 1.29 is 0 Å². The van der Waals surface area contributed by atoms with Crippen LogP contribution in [0.5, 0.6) is 0 Å². The Morgan fingerprint density at radius 1 is 1.24 bits per heavy atom. The maximum Gasteiger partial charge on any atom is 0.0542 e. The highest BCUT2D eigenvalue weighted by atomic mass is 35.5. The Hall–Kier alpha value is 0.110. The lowest BCUT2D eigenvalue weighted by atomic mass is 9.84. The molecule has 1 atom stereocenters. The fraction of sp³-hybridized carbons (Fsp3) is 0.647. The van der Waals surface area contributed by atoms with Crippen LogP contribution in [0.15, 0.2) is 23.1 Å². The zero-order valence-electron chi connectivity index (χ0n) is 12.7. The standard InChI is InChI=1S/C17H25Cl2NS/c1-2-10-20-16(13-6-4-3-5-7-13)12-21-17-11-14(18)8-9-15(17)19/h8-9,11,13,16,20H,2-7,10,12H2,1H3. The van der Waals surface area contributed by atoms with E-state index in [1.54, 1.807) is 0 Å². The first-order valence-electron chi connectivity index (χ1n) is 8.02. The molecule has 0 aromatic heterocycles. The summed E-state index contributed by atoms with van der Waals surface area (Å²) in [6.07, 6.45) is 8.10. The van der Waals surface area contributed by atoms with Crippen LogP contribution < -0.4 is 5.32 Å². The molecule has 1 fully saturated rings. The van der Waals surface area contributed by atoms with Gasteiger partial charge in [0.1, 0.15) is 0 Å². The van der Waals surface area contributed by atoms with Crippen LogP contribution in [0, 0.1) is 5.92 Å². The van der Waals surface area contributed by atoms with Gasteiger partial charge in [-0.3, -0.25) is 0 Å². The molecule has 0 heterocycles. The monoisotopic (exact) mass is 345 g/mol. The highest BCUT2D eigenvalue weighted by Crippen LogP contribution is 2.33. The minimum atomic E-state index is 0.588. The molecule has 1 aliphatic carbocycles. The van der Waals surface area contributed by atoms with Gasteiger partial charge in [0, 0.05) is 21.7 Å². The SMILES string of the molecule is CCCNC(CSc1cc(Cl)ccc1Cl)C1CCCCC1. The fourth-order valence-electron chi connectivity index (χ4n) is 3.00. The summed E-state index contributed by atoms with van der Waals surface area (Å²) in [7, 11) is 0. The van der Waals surface area contributed by atoms with Gasteiger partial charge in [0.2, 0.25) is 0 Å². The average molecular weight is 346 g/mol. The first kappa shape index (κ1) is 17.5. The average Bonchev–Trinajstić information content (AvgIpc) is 2.51. The van der Waals surface area contributed by atoms with Gasteiger partial charge in [-0.2, -0.15) is 0 Å². The number of hydrogen-bond acceptors (Lipinski definition) is 2. The molecule has 21 heavy (non-hydrogen) atoms. The van der Waals surface area contributed by atoms with Gasteiger partial charge >= 0.3 is 0 Å². The van der Waals surface area contributed by atoms with Crippen LogP contribution >= 0.6 is 35.0 Å². The van der Waals surface area contributed by atoms with E-state index in [2.05, 4.69) is 12.2 Å². The van der Waals surface area contributed by atoms with Gasteiger partial charge in [-0.05, 0) is 49.9 Å². The van der Waals surface area contributed by atoms with Crippen LogP contribution in [0.4, 0.5) is 0 Å². The van der Waals surface area contributed by atoms with Gasteiger partial charge in [0.15, 0.2) is 0 Å². The highest BCUT2D eigenvalue weighted by molar-refractivity contribution is 7.99. The third-order valence-electron chi connectivity index (χ3n) is 4.19. The molecule has 1 aliphatic rings. The number of rotatable bonds is 7. The molecular formula is C17H25Cl2NS. The van der Waals surface area contributed by atoms with Gasteiger partial charge in [0.05, 0.1) is 5.02 Å². The van der Waals surface area contributed by atoms with E-state index in [1.165, 1.54) is 38.5 Å². The first-order chi connectivity index (χ1) is 10.2. The molecule has 0 saturated heterocycles. The van der Waals surface area contributed by atoms with E-state index in [0.717, 1.165) is 33.2 Å². The smallest absolute Gasteiger partial charge is 0.0542 e. The van der Waals surface area contributed by atoms with Crippen LogP contribution in [-0.4, -0.2) is 18.3 Å². The van der Waals surface area contributed by atoms with Crippen molar-refractivity contribution in [2.24, 2.45) is 5.92 Å². The van der Waals surface area contributed by atoms with Crippen molar-refractivity contribution in [2.75, 3.05) is 12.3 Å². The van der Waals surface area contributed by atoms with E-state index >= 15 is 0 Å². The molecule has 1 aromatic carbocycles. The maximum absolute atomic E-state index is 6.27. The molecule has 0 spiro atoms. The minimum absolute atomic E-state index is 0.588. The Kier molecular flexibility index (Phi) is 7.73. The Labute approximate surface area is 143 Å². The third kappa shape index (κ3) is 5.67. The number of benzene rings is 1. The summed E-state index contributed by atoms with van der Waals surface area (Å²) in [4.78, 5) is 1.10. The molecule has 1 nitrogen and oxygen atoms in total. The molecule has 2 rings (SSSR count). The van der Waals surface area contributed by atoms with Gasteiger partial charge in [0.25, 0.3) is 0 Å². The second-order valence-electron chi connectivity index (χ2n) is 5.84. The van der Waals surface area contributed by atoms with Gasteiger partial charge < -0.3 is 5.32 Å². The molecule has 0 amide bonds. The molecule has 118 valence electrons. The summed E-state index contributed by atoms with van der Waals surface area (Å²) in [5.74, 6) is 1.89. The van der Waals surface area contributed by atoms with Crippen molar-refractivity contribution >= 4 is 35.0 Å². The normalized spacial score (nSPS) is 17.9. The number of hydrogen-bond donors (Lipinski definition) is 1. The summed E-state index contributed by atoms with van der Waals surface area (Å²) in [5.41, 5.74) is 0. The van der Waals surface area contributed by atoms with Crippen LogP contribution in [0.1, 0.15) is 45.4 Å². The fourth-order valence-corrected chi connectivity index (χ4v) is 4.68. The van der Waals surface area contributed by atoms with Crippen molar-refractivity contribution in [3.63, 3.8) is 0 Å². The summed E-state index contributed by atoms with van der Waals surface area (Å²) in [6.45, 7) is 3.33. The number of nitrogens with one attached hydrogen (secondary N) is 1. The quantitative estimate of drug-likeness (QED) is 0.605. The first-order valence-corrected chi connectivity index (χ1v) is 9.76. The molecule has 1 aromatic rings. The van der Waals surface area contributed by atoms with Gasteiger partial charge in [-0.15, -0.1) is 11.8 Å². The summed E-state index contributed by atoms with van der Waals surface area (Å²) in [6, 6.07) is 6.31. The molecule has 0 bridgehead atoms. The van der Waals surface area contributed by atoms with E-state index in [-0.39, 0.29) is 0 Å². The summed E-state index contributed by atoms with van der Waals surface area (Å²) >= 11 is 14.2. The summed E-state index contributed by atoms with van der Waals surface area (Å²) in [5, 5.41) is 5.32. The van der Waals surface area contributed by atoms with Gasteiger partial charge in [-0.1, -0.05) is 49.4 Å². The lowest BCUT2D eigenvalue weighted by Crippen LogP contribution is -2.39. The van der Waals surface area contributed by atoms with E-state index in [4.69, 9.17) is 23.2 Å². The third-order valence-corrected chi connectivity index (χ3v) is 6.04. The summed E-state index contributed by atoms with van der Waals surface area (Å²) < 4.78 is 0. The van der Waals surface area contributed by atoms with Crippen molar-refractivity contribution in [3.05, 3.63) is 28.2 Å². The molecular weight excluding hydrogens is 321 g/mol. The van der Waals surface area contributed by atoms with E-state index in [0.29, 0.717) is 6.04 Å². The topological polar surface area (TPSA) is 12.0 Å². The molecule has 0 radical (unpaired) electrons. The van der Waals surface area contributed by atoms with Crippen molar-refractivity contribution in [1.82, 2.24) is 5.32 Å². The van der Waals surface area contributed by atoms with E-state index in [9.17, 15) is 0 Å². The van der Waals surface area contributed by atoms with Gasteiger partial charge in [-0.25, -0.2) is 0 Å². The van der Waals surface area contributed by atoms with Crippen molar-refractivity contribution in [1.29, 1.82) is 0 Å².